The zero-order chi connectivity index (χ0) is 16.1. The van der Waals surface area contributed by atoms with Crippen molar-refractivity contribution in [2.75, 3.05) is 20.1 Å². The van der Waals surface area contributed by atoms with Gasteiger partial charge < -0.3 is 15.0 Å². The van der Waals surface area contributed by atoms with Crippen molar-refractivity contribution < 1.29 is 14.3 Å². The molecule has 0 aliphatic carbocycles. The van der Waals surface area contributed by atoms with Crippen LogP contribution >= 0.6 is 0 Å². The van der Waals surface area contributed by atoms with Crippen LogP contribution in [-0.4, -0.2) is 43.0 Å². The van der Waals surface area contributed by atoms with E-state index in [2.05, 4.69) is 5.32 Å². The number of piperidine rings is 1. The molecule has 1 aliphatic heterocycles. The number of ether oxygens (including phenoxy) is 1. The lowest BCUT2D eigenvalue weighted by Gasteiger charge is -2.32. The predicted octanol–water partition coefficient (Wildman–Crippen LogP) is 1.75. The number of aryl methyl sites for hydroxylation is 1. The van der Waals surface area contributed by atoms with Gasteiger partial charge in [0.2, 0.25) is 5.91 Å². The first-order valence-electron chi connectivity index (χ1n) is 7.75. The Hall–Kier alpha value is -2.04. The van der Waals surface area contributed by atoms with E-state index in [0.717, 1.165) is 5.56 Å². The number of carbonyl (C=O) groups excluding carboxylic acids is 2. The average molecular weight is 304 g/mol. The molecule has 5 nitrogen and oxygen atoms in total. The van der Waals surface area contributed by atoms with Crippen LogP contribution in [0.1, 0.15) is 25.3 Å². The summed E-state index contributed by atoms with van der Waals surface area (Å²) in [6.45, 7) is 4.98. The number of likely N-dealkylation sites (tertiary alicyclic amines) is 1. The van der Waals surface area contributed by atoms with Crippen LogP contribution in [-0.2, 0) is 9.59 Å². The Labute approximate surface area is 131 Å². The van der Waals surface area contributed by atoms with Gasteiger partial charge in [0.25, 0.3) is 5.91 Å². The van der Waals surface area contributed by atoms with E-state index >= 15 is 0 Å². The first-order chi connectivity index (χ1) is 10.5. The molecule has 0 aromatic heterocycles. The predicted molar refractivity (Wildman–Crippen MR) is 84.6 cm³/mol. The van der Waals surface area contributed by atoms with Crippen molar-refractivity contribution in [2.24, 2.45) is 5.92 Å². The minimum absolute atomic E-state index is 0.0158. The van der Waals surface area contributed by atoms with Crippen LogP contribution in [0.4, 0.5) is 0 Å². The van der Waals surface area contributed by atoms with Crippen LogP contribution < -0.4 is 10.1 Å². The number of amides is 2. The Bertz CT molecular complexity index is 536. The van der Waals surface area contributed by atoms with Crippen LogP contribution in [0.25, 0.3) is 0 Å². The van der Waals surface area contributed by atoms with E-state index in [1.54, 1.807) is 18.9 Å². The van der Waals surface area contributed by atoms with Gasteiger partial charge in [0.05, 0.1) is 0 Å². The maximum Gasteiger partial charge on any atom is 0.263 e. The van der Waals surface area contributed by atoms with Crippen LogP contribution in [0.5, 0.6) is 5.75 Å². The largest absolute Gasteiger partial charge is 0.481 e. The second-order valence-electron chi connectivity index (χ2n) is 5.79. The standard InChI is InChI=1S/C17H24N2O3/c1-12-5-4-6-15(11-12)22-13(2)17(21)19-9-7-14(8-10-19)16(20)18-3/h4-6,11,13-14H,7-10H2,1-3H3,(H,18,20). The minimum atomic E-state index is -0.515. The Morgan fingerprint density at radius 1 is 1.32 bits per heavy atom. The number of nitrogens with zero attached hydrogens (tertiary/aromatic N) is 1. The molecule has 1 unspecified atom stereocenters. The molecular formula is C17H24N2O3. The van der Waals surface area contributed by atoms with Gasteiger partial charge in [-0.05, 0) is 44.4 Å². The Morgan fingerprint density at radius 3 is 2.59 bits per heavy atom. The molecule has 120 valence electrons. The maximum absolute atomic E-state index is 12.4. The molecule has 0 spiro atoms. The SMILES string of the molecule is CNC(=O)C1CCN(C(=O)C(C)Oc2cccc(C)c2)CC1. The summed E-state index contributed by atoms with van der Waals surface area (Å²) in [6, 6.07) is 7.68. The van der Waals surface area contributed by atoms with E-state index in [1.807, 2.05) is 31.2 Å². The molecule has 1 saturated heterocycles. The first-order valence-corrected chi connectivity index (χ1v) is 7.75. The molecule has 1 atom stereocenters. The van der Waals surface area contributed by atoms with Crippen molar-refractivity contribution in [2.45, 2.75) is 32.8 Å². The molecule has 1 aliphatic rings. The molecule has 2 amide bonds. The summed E-state index contributed by atoms with van der Waals surface area (Å²) in [7, 11) is 1.65. The minimum Gasteiger partial charge on any atom is -0.481 e. The second kappa shape index (κ2) is 7.29. The molecule has 5 heteroatoms. The fraction of sp³-hybridized carbons (Fsp3) is 0.529. The number of rotatable bonds is 4. The maximum atomic E-state index is 12.4. The van der Waals surface area contributed by atoms with Crippen molar-refractivity contribution >= 4 is 11.8 Å². The smallest absolute Gasteiger partial charge is 0.263 e. The number of carbonyl (C=O) groups is 2. The van der Waals surface area contributed by atoms with Crippen LogP contribution in [0.2, 0.25) is 0 Å². The lowest BCUT2D eigenvalue weighted by Crippen LogP contribution is -2.46. The zero-order valence-electron chi connectivity index (χ0n) is 13.5. The van der Waals surface area contributed by atoms with E-state index in [0.29, 0.717) is 31.7 Å². The average Bonchev–Trinajstić information content (AvgIpc) is 2.53. The zero-order valence-corrected chi connectivity index (χ0v) is 13.5. The van der Waals surface area contributed by atoms with Gasteiger partial charge in [-0.25, -0.2) is 0 Å². The number of hydrogen-bond acceptors (Lipinski definition) is 3. The van der Waals surface area contributed by atoms with Gasteiger partial charge in [-0.1, -0.05) is 12.1 Å². The monoisotopic (exact) mass is 304 g/mol. The summed E-state index contributed by atoms with van der Waals surface area (Å²) in [5.74, 6) is 0.774. The van der Waals surface area contributed by atoms with Crippen molar-refractivity contribution in [1.82, 2.24) is 10.2 Å². The van der Waals surface area contributed by atoms with Gasteiger partial charge >= 0.3 is 0 Å². The van der Waals surface area contributed by atoms with Gasteiger partial charge in [0.15, 0.2) is 6.10 Å². The molecule has 0 radical (unpaired) electrons. The number of hydrogen-bond donors (Lipinski definition) is 1. The van der Waals surface area contributed by atoms with Crippen LogP contribution in [0.15, 0.2) is 24.3 Å². The molecule has 0 saturated carbocycles. The molecule has 22 heavy (non-hydrogen) atoms. The summed E-state index contributed by atoms with van der Waals surface area (Å²) in [6.07, 6.45) is 0.906. The van der Waals surface area contributed by atoms with Gasteiger partial charge in [-0.3, -0.25) is 9.59 Å². The van der Waals surface area contributed by atoms with Gasteiger partial charge in [-0.2, -0.15) is 0 Å². The fourth-order valence-electron chi connectivity index (χ4n) is 2.77. The highest BCUT2D eigenvalue weighted by Gasteiger charge is 2.29. The topological polar surface area (TPSA) is 58.6 Å². The molecule has 0 bridgehead atoms. The molecule has 2 rings (SSSR count). The summed E-state index contributed by atoms with van der Waals surface area (Å²) in [5.41, 5.74) is 1.10. The van der Waals surface area contributed by atoms with Crippen molar-refractivity contribution in [3.05, 3.63) is 29.8 Å². The van der Waals surface area contributed by atoms with E-state index < -0.39 is 6.10 Å². The molecule has 1 heterocycles. The molecular weight excluding hydrogens is 280 g/mol. The summed E-state index contributed by atoms with van der Waals surface area (Å²) in [5, 5.41) is 2.67. The molecule has 1 aromatic carbocycles. The molecule has 1 fully saturated rings. The highest BCUT2D eigenvalue weighted by Crippen LogP contribution is 2.20. The van der Waals surface area contributed by atoms with E-state index in [-0.39, 0.29) is 17.7 Å². The van der Waals surface area contributed by atoms with E-state index in [4.69, 9.17) is 4.74 Å². The fourth-order valence-corrected chi connectivity index (χ4v) is 2.77. The van der Waals surface area contributed by atoms with Gasteiger partial charge in [-0.15, -0.1) is 0 Å². The number of benzene rings is 1. The lowest BCUT2D eigenvalue weighted by molar-refractivity contribution is -0.141. The quantitative estimate of drug-likeness (QED) is 0.922. The third kappa shape index (κ3) is 4.00. The number of nitrogens with one attached hydrogen (secondary N) is 1. The second-order valence-corrected chi connectivity index (χ2v) is 5.79. The molecule has 1 N–H and O–H groups in total. The van der Waals surface area contributed by atoms with E-state index in [1.165, 1.54) is 0 Å². The Balaban J connectivity index is 1.88. The lowest BCUT2D eigenvalue weighted by atomic mass is 9.96. The Kier molecular flexibility index (Phi) is 5.41. The van der Waals surface area contributed by atoms with Crippen molar-refractivity contribution in [3.8, 4) is 5.75 Å². The van der Waals surface area contributed by atoms with Crippen LogP contribution in [0, 0.1) is 12.8 Å². The highest BCUT2D eigenvalue weighted by molar-refractivity contribution is 5.82. The first kappa shape index (κ1) is 16.3. The highest BCUT2D eigenvalue weighted by atomic mass is 16.5. The third-order valence-corrected chi connectivity index (χ3v) is 4.07. The summed E-state index contributed by atoms with van der Waals surface area (Å²) >= 11 is 0. The van der Waals surface area contributed by atoms with Gasteiger partial charge in [0.1, 0.15) is 5.75 Å². The summed E-state index contributed by atoms with van der Waals surface area (Å²) in [4.78, 5) is 25.8. The third-order valence-electron chi connectivity index (χ3n) is 4.07. The van der Waals surface area contributed by atoms with Crippen LogP contribution in [0.3, 0.4) is 0 Å². The van der Waals surface area contributed by atoms with Crippen molar-refractivity contribution in [1.29, 1.82) is 0 Å². The molecule has 1 aromatic rings. The van der Waals surface area contributed by atoms with E-state index in [9.17, 15) is 9.59 Å². The normalized spacial score (nSPS) is 17.0. The van der Waals surface area contributed by atoms with Gasteiger partial charge in [0, 0.05) is 26.1 Å². The summed E-state index contributed by atoms with van der Waals surface area (Å²) < 4.78 is 5.74. The Morgan fingerprint density at radius 2 is 2.00 bits per heavy atom. The van der Waals surface area contributed by atoms with Crippen molar-refractivity contribution in [3.63, 3.8) is 0 Å².